The summed E-state index contributed by atoms with van der Waals surface area (Å²) in [6, 6.07) is 101. The van der Waals surface area contributed by atoms with Crippen molar-refractivity contribution in [3.8, 4) is 50.7 Å². The van der Waals surface area contributed by atoms with Crippen molar-refractivity contribution < 1.29 is 0 Å². The summed E-state index contributed by atoms with van der Waals surface area (Å²) in [6.45, 7) is 0. The van der Waals surface area contributed by atoms with Gasteiger partial charge in [-0.3, -0.25) is 0 Å². The number of hydrogen-bond donors (Lipinski definition) is 0. The first kappa shape index (κ1) is 45.1. The van der Waals surface area contributed by atoms with Crippen molar-refractivity contribution in [1.82, 2.24) is 28.7 Å². The van der Waals surface area contributed by atoms with E-state index in [0.717, 1.165) is 132 Å². The highest BCUT2D eigenvalue weighted by atomic mass is 15.1. The van der Waals surface area contributed by atoms with Crippen LogP contribution < -0.4 is 0 Å². The van der Waals surface area contributed by atoms with Gasteiger partial charge in [-0.2, -0.15) is 0 Å². The van der Waals surface area contributed by atoms with Crippen LogP contribution in [0.4, 0.5) is 0 Å². The molecule has 0 saturated carbocycles. The Morgan fingerprint density at radius 2 is 0.630 bits per heavy atom. The molecule has 0 unspecified atom stereocenters. The summed E-state index contributed by atoms with van der Waals surface area (Å²) in [5, 5.41) is 13.1. The Morgan fingerprint density at radius 1 is 0.235 bits per heavy atom. The summed E-state index contributed by atoms with van der Waals surface area (Å²) in [4.78, 5) is 17.2. The zero-order valence-electron chi connectivity index (χ0n) is 43.7. The van der Waals surface area contributed by atoms with Crippen molar-refractivity contribution in [3.05, 3.63) is 279 Å². The average Bonchev–Trinajstić information content (AvgIpc) is 4.22. The Kier molecular flexibility index (Phi) is 9.91. The van der Waals surface area contributed by atoms with Crippen LogP contribution in [0.1, 0.15) is 0 Å². The Balaban J connectivity index is 1.06. The first-order valence-electron chi connectivity index (χ1n) is 27.6. The molecule has 0 atom stereocenters. The maximum absolute atomic E-state index is 5.84. The first-order chi connectivity index (χ1) is 40.2. The lowest BCUT2D eigenvalue weighted by molar-refractivity contribution is 1.10. The molecule has 0 radical (unpaired) electrons. The number of hydrogen-bond acceptors (Lipinski definition) is 3. The molecular weight excluding hydrogens is 985 g/mol. The molecule has 6 nitrogen and oxygen atoms in total. The first-order valence-corrected chi connectivity index (χ1v) is 27.6. The van der Waals surface area contributed by atoms with E-state index in [0.29, 0.717) is 17.1 Å². The van der Waals surface area contributed by atoms with E-state index in [-0.39, 0.29) is 0 Å². The molecule has 12 aromatic carbocycles. The molecule has 0 aliphatic heterocycles. The number of fused-ring (bicyclic) bond motifs is 20. The summed E-state index contributed by atoms with van der Waals surface area (Å²) in [6.07, 6.45) is 0. The van der Waals surface area contributed by atoms with Crippen LogP contribution in [0.25, 0.3) is 160 Å². The molecule has 17 aromatic rings. The fraction of sp³-hybridized carbons (Fsp3) is 0. The van der Waals surface area contributed by atoms with Gasteiger partial charge in [0.25, 0.3) is 0 Å². The summed E-state index contributed by atoms with van der Waals surface area (Å²) in [7, 11) is 0. The van der Waals surface area contributed by atoms with Crippen molar-refractivity contribution in [2.45, 2.75) is 0 Å². The number of para-hydroxylation sites is 4. The molecule has 81 heavy (non-hydrogen) atoms. The van der Waals surface area contributed by atoms with Crippen LogP contribution >= 0.6 is 0 Å². The van der Waals surface area contributed by atoms with Gasteiger partial charge in [0.05, 0.1) is 50.0 Å². The fourth-order valence-corrected chi connectivity index (χ4v) is 13.1. The molecule has 0 fully saturated rings. The predicted octanol–water partition coefficient (Wildman–Crippen LogP) is 19.3. The van der Waals surface area contributed by atoms with Crippen molar-refractivity contribution in [1.29, 1.82) is 0 Å². The number of aromatic nitrogens is 6. The molecule has 4 bridgehead atoms. The van der Waals surface area contributed by atoms with Gasteiger partial charge in [-0.05, 0) is 105 Å². The van der Waals surface area contributed by atoms with Crippen LogP contribution in [0.5, 0.6) is 0 Å². The molecule has 0 aliphatic rings. The SMILES string of the molecule is c1ccc(-c2ccc3c4ccccc4n(-c4cccc(-n5c6ccccc6c6ccc(-c7ccccc7)cc65)c4-c4nc5nc(n4)c4ccccc4c4cc(cc6c7ccccc7n(-c7ccccc7)c46)c4ccccc54)c3c2)cc1. The standard InChI is InChI=1S/C75H46N6/c1-4-21-47(22-5-1)49-39-41-58-55-29-14-18-35-65(55)80(69(58)45-49)67-37-20-38-68(81-66-36-19-15-30-56(66)59-42-40-50(46-70(59)81)48-23-6-2-7-24-48)71(67)75-77-73-60-32-12-10-27-53(60)51-43-62(54-28-11-13-33-61(54)74(76-73)78-75)72-63(44-51)57-31-16-17-34-64(57)79(72)52-25-8-3-9-26-52/h1-46H. The van der Waals surface area contributed by atoms with Crippen LogP contribution in [-0.2, 0) is 0 Å². The molecule has 0 saturated heterocycles. The highest BCUT2D eigenvalue weighted by Gasteiger charge is 2.26. The van der Waals surface area contributed by atoms with E-state index in [1.54, 1.807) is 0 Å². The minimum absolute atomic E-state index is 0.563. The van der Waals surface area contributed by atoms with Crippen LogP contribution in [0.15, 0.2) is 279 Å². The number of benzene rings is 12. The normalized spacial score (nSPS) is 12.0. The molecule has 0 N–H and O–H groups in total. The van der Waals surface area contributed by atoms with Gasteiger partial charge in [-0.15, -0.1) is 0 Å². The lowest BCUT2D eigenvalue weighted by atomic mass is 10.00. The summed E-state index contributed by atoms with van der Waals surface area (Å²) < 4.78 is 7.31. The van der Waals surface area contributed by atoms with Gasteiger partial charge in [0.1, 0.15) is 0 Å². The van der Waals surface area contributed by atoms with Crippen LogP contribution in [0.3, 0.4) is 0 Å². The second-order valence-electron chi connectivity index (χ2n) is 21.1. The van der Waals surface area contributed by atoms with Gasteiger partial charge in [-0.1, -0.05) is 212 Å². The highest BCUT2D eigenvalue weighted by Crippen LogP contribution is 2.45. The highest BCUT2D eigenvalue weighted by molar-refractivity contribution is 6.25. The Bertz CT molecular complexity index is 5290. The van der Waals surface area contributed by atoms with Gasteiger partial charge < -0.3 is 13.7 Å². The minimum Gasteiger partial charge on any atom is -0.309 e. The van der Waals surface area contributed by atoms with Crippen LogP contribution in [0.2, 0.25) is 0 Å². The van der Waals surface area contributed by atoms with Crippen molar-refractivity contribution in [3.63, 3.8) is 0 Å². The van der Waals surface area contributed by atoms with E-state index in [1.165, 1.54) is 10.8 Å². The van der Waals surface area contributed by atoms with E-state index in [1.807, 2.05) is 0 Å². The maximum atomic E-state index is 5.84. The third kappa shape index (κ3) is 6.90. The number of rotatable bonds is 6. The van der Waals surface area contributed by atoms with Crippen LogP contribution in [-0.4, -0.2) is 28.7 Å². The van der Waals surface area contributed by atoms with E-state index < -0.39 is 0 Å². The maximum Gasteiger partial charge on any atom is 0.168 e. The quantitative estimate of drug-likeness (QED) is 0.167. The Labute approximate surface area is 465 Å². The molecule has 6 heteroatoms. The van der Waals surface area contributed by atoms with Gasteiger partial charge in [-0.25, -0.2) is 15.0 Å². The van der Waals surface area contributed by atoms with E-state index >= 15 is 0 Å². The lowest BCUT2D eigenvalue weighted by Crippen LogP contribution is -2.06. The topological polar surface area (TPSA) is 53.5 Å². The summed E-state index contributed by atoms with van der Waals surface area (Å²) >= 11 is 0. The molecular formula is C75H46N6. The third-order valence-corrected chi connectivity index (χ3v) is 16.6. The van der Waals surface area contributed by atoms with Gasteiger partial charge in [0.2, 0.25) is 0 Å². The molecule has 0 spiro atoms. The van der Waals surface area contributed by atoms with Gasteiger partial charge in [0, 0.05) is 54.2 Å². The van der Waals surface area contributed by atoms with E-state index in [2.05, 4.69) is 293 Å². The van der Waals surface area contributed by atoms with Crippen molar-refractivity contribution in [2.24, 2.45) is 0 Å². The second kappa shape index (κ2) is 17.8. The Morgan fingerprint density at radius 3 is 1.16 bits per heavy atom. The van der Waals surface area contributed by atoms with Gasteiger partial charge >= 0.3 is 0 Å². The molecule has 17 rings (SSSR count). The smallest absolute Gasteiger partial charge is 0.168 e. The predicted molar refractivity (Wildman–Crippen MR) is 338 cm³/mol. The Hall–Kier alpha value is -11.0. The second-order valence-corrected chi connectivity index (χ2v) is 21.1. The molecule has 5 heterocycles. The van der Waals surface area contributed by atoms with Crippen molar-refractivity contribution >= 4 is 109 Å². The largest absolute Gasteiger partial charge is 0.309 e. The molecule has 5 aromatic heterocycles. The summed E-state index contributed by atoms with van der Waals surface area (Å²) in [5.41, 5.74) is 16.2. The lowest BCUT2D eigenvalue weighted by Gasteiger charge is -2.19. The molecule has 0 amide bonds. The van der Waals surface area contributed by atoms with Gasteiger partial charge in [0.15, 0.2) is 17.1 Å². The monoisotopic (exact) mass is 1030 g/mol. The van der Waals surface area contributed by atoms with Crippen molar-refractivity contribution in [2.75, 3.05) is 0 Å². The molecule has 376 valence electrons. The fourth-order valence-electron chi connectivity index (χ4n) is 13.1. The molecule has 0 aliphatic carbocycles. The zero-order chi connectivity index (χ0) is 53.1. The summed E-state index contributed by atoms with van der Waals surface area (Å²) in [5.74, 6) is 0.563. The average molecular weight is 1030 g/mol. The number of nitrogens with zero attached hydrogens (tertiary/aromatic N) is 6. The zero-order valence-corrected chi connectivity index (χ0v) is 43.7. The van der Waals surface area contributed by atoms with Crippen LogP contribution in [0, 0.1) is 0 Å². The minimum atomic E-state index is 0.563. The van der Waals surface area contributed by atoms with E-state index in [4.69, 9.17) is 15.0 Å². The van der Waals surface area contributed by atoms with E-state index in [9.17, 15) is 0 Å². The third-order valence-electron chi connectivity index (χ3n) is 16.6.